The van der Waals surface area contributed by atoms with E-state index in [1.165, 1.54) is 39.8 Å². The Morgan fingerprint density at radius 2 is 0.661 bits per heavy atom. The van der Waals surface area contributed by atoms with E-state index in [-0.39, 0.29) is 0 Å². The van der Waals surface area contributed by atoms with E-state index in [0.717, 1.165) is 123 Å². The Morgan fingerprint density at radius 3 is 0.968 bits per heavy atom. The molecule has 18 heteroatoms. The van der Waals surface area contributed by atoms with Gasteiger partial charge < -0.3 is 0 Å². The van der Waals surface area contributed by atoms with Gasteiger partial charge in [0.1, 0.15) is 6.28 Å². The molecule has 0 bridgehead atoms. The van der Waals surface area contributed by atoms with Crippen LogP contribution in [0.4, 0.5) is 0 Å². The maximum atomic E-state index is 7.72. The van der Waals surface area contributed by atoms with Crippen LogP contribution in [0.25, 0.3) is 40.3 Å². The lowest BCUT2D eigenvalue weighted by Gasteiger charge is -2.19. The predicted molar refractivity (Wildman–Crippen MR) is 307 cm³/mol. The monoisotopic (exact) mass is 1160 g/mol. The summed E-state index contributed by atoms with van der Waals surface area (Å²) in [6.07, 6.45) is 4.42. The third-order valence-corrected chi connectivity index (χ3v) is 28.3. The Kier molecular flexibility index (Phi) is 17.7. The maximum Gasteiger partial charge on any atom is 0.144 e. The molecule has 0 fully saturated rings. The Morgan fingerprint density at radius 1 is 0.387 bits per heavy atom. The SMILES string of the molecule is CC(C)CCSc1c(Cl)c2sc(=S)sc2c2c(SCCC(C)C)c(Cl)c3c(c12)S/C(=C1/Sc2c(Cl)c(SCCC(C)C)c4c(c2S1)c(SCCC(C)C)c(Cl)c1sc(=S)sc14)S3. The van der Waals surface area contributed by atoms with Gasteiger partial charge in [0, 0.05) is 60.7 Å². The number of thioether (sulfide) groups is 8. The summed E-state index contributed by atoms with van der Waals surface area (Å²) in [5.41, 5.74) is 0. The standard InChI is InChI=1S/C44H44Cl4S14/c1-17(2)9-13-51-29-21-23(35-39(27(29)47)61-43(49)59-35)31(53-15-11-19(5)6)25(45)37-33(21)55-41(57-37)42-56-34-22-24(32(26(46)38(34)58-42)54-16-12-20(7)8)36-40(62-44(50)60-36)28(48)30(22)52-14-10-18(3)4/h17-20H,9-16H2,1-8H3/b42-41-. The van der Waals surface area contributed by atoms with Gasteiger partial charge in [-0.1, -0.05) is 173 Å². The summed E-state index contributed by atoms with van der Waals surface area (Å²) in [6.45, 7) is 18.3. The maximum absolute atomic E-state index is 7.72. The van der Waals surface area contributed by atoms with Crippen molar-refractivity contribution in [3.05, 3.63) is 34.8 Å². The van der Waals surface area contributed by atoms with E-state index >= 15 is 0 Å². The van der Waals surface area contributed by atoms with Crippen molar-refractivity contribution in [3.8, 4) is 0 Å². The molecule has 0 N–H and O–H groups in total. The van der Waals surface area contributed by atoms with Crippen LogP contribution in [0.3, 0.4) is 0 Å². The second kappa shape index (κ2) is 21.7. The van der Waals surface area contributed by atoms with Gasteiger partial charge in [-0.25, -0.2) is 0 Å². The average molecular weight is 1160 g/mol. The number of hydrogen-bond acceptors (Lipinski definition) is 14. The number of fused-ring (bicyclic) bond motifs is 10. The van der Waals surface area contributed by atoms with Crippen molar-refractivity contribution in [2.45, 2.75) is 120 Å². The molecular weight excluding hydrogens is 1120 g/mol. The molecule has 0 amide bonds. The summed E-state index contributed by atoms with van der Waals surface area (Å²) in [5, 5.41) is 8.24. The Balaban J connectivity index is 1.34. The quantitative estimate of drug-likeness (QED) is 0.0676. The van der Waals surface area contributed by atoms with Crippen LogP contribution >= 0.6 is 210 Å². The molecule has 0 spiro atoms. The second-order valence-corrected chi connectivity index (χ2v) is 33.7. The van der Waals surface area contributed by atoms with Crippen LogP contribution in [-0.4, -0.2) is 23.0 Å². The number of hydrogen-bond donors (Lipinski definition) is 0. The molecule has 6 aromatic rings. The van der Waals surface area contributed by atoms with Gasteiger partial charge in [0.2, 0.25) is 0 Å². The first-order valence-electron chi connectivity index (χ1n) is 20.4. The van der Waals surface area contributed by atoms with Gasteiger partial charge in [0.25, 0.3) is 0 Å². The highest BCUT2D eigenvalue weighted by Gasteiger charge is 2.37. The third-order valence-electron chi connectivity index (χ3n) is 10.2. The minimum Gasteiger partial charge on any atom is -0.124 e. The van der Waals surface area contributed by atoms with Crippen molar-refractivity contribution in [2.75, 3.05) is 23.0 Å². The van der Waals surface area contributed by atoms with Crippen LogP contribution in [0, 0.1) is 29.9 Å². The average Bonchev–Trinajstić information content (AvgIpc) is 4.01. The van der Waals surface area contributed by atoms with Crippen molar-refractivity contribution in [3.63, 3.8) is 0 Å². The molecule has 0 radical (unpaired) electrons. The van der Waals surface area contributed by atoms with Crippen LogP contribution in [0.5, 0.6) is 0 Å². The summed E-state index contributed by atoms with van der Waals surface area (Å²) in [7, 11) is 0. The Labute approximate surface area is 446 Å². The zero-order valence-corrected chi connectivity index (χ0v) is 49.6. The molecule has 2 aromatic heterocycles. The van der Waals surface area contributed by atoms with Gasteiger partial charge in [-0.15, -0.1) is 92.4 Å². The second-order valence-electron chi connectivity index (χ2n) is 16.7. The molecule has 62 heavy (non-hydrogen) atoms. The molecule has 332 valence electrons. The van der Waals surface area contributed by atoms with Crippen molar-refractivity contribution >= 4 is 251 Å². The zero-order chi connectivity index (χ0) is 44.3. The molecule has 0 atom stereocenters. The first kappa shape index (κ1) is 50.5. The molecule has 0 saturated carbocycles. The highest BCUT2D eigenvalue weighted by molar-refractivity contribution is 8.30. The summed E-state index contributed by atoms with van der Waals surface area (Å²) in [5.74, 6) is 6.33. The minimum atomic E-state index is 0.595. The van der Waals surface area contributed by atoms with Crippen LogP contribution in [0.15, 0.2) is 47.6 Å². The van der Waals surface area contributed by atoms with Crippen LogP contribution < -0.4 is 0 Å². The molecule has 0 unspecified atom stereocenters. The van der Waals surface area contributed by atoms with Crippen molar-refractivity contribution in [2.24, 2.45) is 23.7 Å². The van der Waals surface area contributed by atoms with Crippen LogP contribution in [0.2, 0.25) is 20.1 Å². The normalized spacial score (nSPS) is 15.5. The van der Waals surface area contributed by atoms with Crippen molar-refractivity contribution in [1.82, 2.24) is 0 Å². The lowest BCUT2D eigenvalue weighted by atomic mass is 10.1. The topological polar surface area (TPSA) is 0 Å². The number of benzene rings is 4. The van der Waals surface area contributed by atoms with Gasteiger partial charge in [-0.3, -0.25) is 0 Å². The van der Waals surface area contributed by atoms with Gasteiger partial charge >= 0.3 is 0 Å². The molecule has 0 aliphatic carbocycles. The zero-order valence-electron chi connectivity index (χ0n) is 35.2. The van der Waals surface area contributed by atoms with E-state index in [1.54, 1.807) is 45.3 Å². The number of halogens is 4. The van der Waals surface area contributed by atoms with Crippen LogP contribution in [0.1, 0.15) is 81.1 Å². The molecule has 0 nitrogen and oxygen atoms in total. The summed E-state index contributed by atoms with van der Waals surface area (Å²) < 4.78 is 8.74. The van der Waals surface area contributed by atoms with Gasteiger partial charge in [-0.2, -0.15) is 0 Å². The lowest BCUT2D eigenvalue weighted by molar-refractivity contribution is 0.632. The van der Waals surface area contributed by atoms with Crippen molar-refractivity contribution in [1.29, 1.82) is 0 Å². The van der Waals surface area contributed by atoms with E-state index < -0.39 is 0 Å². The fourth-order valence-corrected chi connectivity index (χ4v) is 25.9. The first-order chi connectivity index (χ1) is 29.5. The minimum absolute atomic E-state index is 0.595. The van der Waals surface area contributed by atoms with Gasteiger partial charge in [0.05, 0.1) is 47.4 Å². The first-order valence-corrected chi connectivity index (χ1v) is 33.2. The third kappa shape index (κ3) is 10.3. The van der Waals surface area contributed by atoms with E-state index in [2.05, 4.69) is 55.4 Å². The summed E-state index contributed by atoms with van der Waals surface area (Å²) in [6, 6.07) is 0. The fraction of sp³-hybridized carbons (Fsp3) is 0.455. The smallest absolute Gasteiger partial charge is 0.124 e. The number of rotatable bonds is 16. The lowest BCUT2D eigenvalue weighted by Crippen LogP contribution is -1.95. The van der Waals surface area contributed by atoms with E-state index in [0.29, 0.717) is 23.7 Å². The van der Waals surface area contributed by atoms with E-state index in [9.17, 15) is 0 Å². The predicted octanol–water partition coefficient (Wildman–Crippen LogP) is 23.4. The molecule has 4 heterocycles. The Bertz CT molecular complexity index is 2660. The van der Waals surface area contributed by atoms with Crippen molar-refractivity contribution < 1.29 is 0 Å². The molecule has 8 rings (SSSR count). The highest BCUT2D eigenvalue weighted by Crippen LogP contribution is 2.69. The molecule has 2 aliphatic rings. The van der Waals surface area contributed by atoms with E-state index in [4.69, 9.17) is 70.8 Å². The Hall–Kier alpha value is 2.16. The van der Waals surface area contributed by atoms with E-state index in [1.807, 2.05) is 94.1 Å². The van der Waals surface area contributed by atoms with Gasteiger partial charge in [0.15, 0.2) is 0 Å². The molecule has 4 aromatic carbocycles. The summed E-state index contributed by atoms with van der Waals surface area (Å²) >= 11 is 63.8. The summed E-state index contributed by atoms with van der Waals surface area (Å²) in [4.78, 5) is 9.29. The fourth-order valence-electron chi connectivity index (χ4n) is 6.86. The largest absolute Gasteiger partial charge is 0.144 e. The molecule has 2 aliphatic heterocycles. The van der Waals surface area contributed by atoms with Crippen LogP contribution in [-0.2, 0) is 0 Å². The van der Waals surface area contributed by atoms with Gasteiger partial charge in [-0.05, 0) is 72.4 Å². The highest BCUT2D eigenvalue weighted by atomic mass is 35.5. The molecule has 0 saturated heterocycles. The molecular formula is C44H44Cl4S14.